The fourth-order valence-electron chi connectivity index (χ4n) is 2.00. The second-order valence-electron chi connectivity index (χ2n) is 4.24. The largest absolute Gasteiger partial charge is 0.335 e. The fraction of sp³-hybridized carbons (Fsp3) is 0.0769. The third-order valence-electron chi connectivity index (χ3n) is 2.87. The first-order valence-electron chi connectivity index (χ1n) is 5.99. The van der Waals surface area contributed by atoms with Crippen molar-refractivity contribution in [2.75, 3.05) is 5.32 Å². The summed E-state index contributed by atoms with van der Waals surface area (Å²) in [6, 6.07) is 5.55. The SMILES string of the molecule is O=C(Cn1ccc(=O)c2cccc(F)c21)Nc1nncs1. The summed E-state index contributed by atoms with van der Waals surface area (Å²) in [7, 11) is 0. The molecule has 3 rings (SSSR count). The maximum absolute atomic E-state index is 13.9. The molecular weight excluding hydrogens is 295 g/mol. The summed E-state index contributed by atoms with van der Waals surface area (Å²) in [5, 5.41) is 10.5. The lowest BCUT2D eigenvalue weighted by Gasteiger charge is -2.10. The number of aromatic nitrogens is 3. The molecule has 0 bridgehead atoms. The number of nitrogens with one attached hydrogen (secondary N) is 1. The number of amides is 1. The number of carbonyl (C=O) groups excluding carboxylic acids is 1. The van der Waals surface area contributed by atoms with Gasteiger partial charge in [0.05, 0.1) is 5.52 Å². The first-order valence-corrected chi connectivity index (χ1v) is 6.87. The first kappa shape index (κ1) is 13.4. The van der Waals surface area contributed by atoms with Crippen molar-refractivity contribution in [1.82, 2.24) is 14.8 Å². The van der Waals surface area contributed by atoms with Crippen LogP contribution in [0.5, 0.6) is 0 Å². The summed E-state index contributed by atoms with van der Waals surface area (Å²) in [5.41, 5.74) is 1.31. The number of hydrogen-bond donors (Lipinski definition) is 1. The van der Waals surface area contributed by atoms with Crippen molar-refractivity contribution in [3.05, 3.63) is 52.0 Å². The van der Waals surface area contributed by atoms with Gasteiger partial charge >= 0.3 is 0 Å². The number of hydrogen-bond acceptors (Lipinski definition) is 5. The number of nitrogens with zero attached hydrogens (tertiary/aromatic N) is 3. The number of benzene rings is 1. The number of anilines is 1. The molecule has 0 atom stereocenters. The van der Waals surface area contributed by atoms with Gasteiger partial charge in [-0.25, -0.2) is 4.39 Å². The van der Waals surface area contributed by atoms with Crippen LogP contribution < -0.4 is 10.7 Å². The van der Waals surface area contributed by atoms with Crippen molar-refractivity contribution in [2.45, 2.75) is 6.54 Å². The zero-order valence-electron chi connectivity index (χ0n) is 10.6. The third-order valence-corrected chi connectivity index (χ3v) is 3.47. The van der Waals surface area contributed by atoms with Gasteiger partial charge in [-0.1, -0.05) is 17.4 Å². The summed E-state index contributed by atoms with van der Waals surface area (Å²) in [4.78, 5) is 23.7. The zero-order valence-corrected chi connectivity index (χ0v) is 11.4. The molecule has 0 unspecified atom stereocenters. The van der Waals surface area contributed by atoms with Crippen molar-refractivity contribution >= 4 is 33.3 Å². The third kappa shape index (κ3) is 2.65. The number of rotatable bonds is 3. The van der Waals surface area contributed by atoms with Gasteiger partial charge in [0.2, 0.25) is 11.0 Å². The highest BCUT2D eigenvalue weighted by molar-refractivity contribution is 7.13. The number of pyridine rings is 1. The summed E-state index contributed by atoms with van der Waals surface area (Å²) < 4.78 is 15.3. The average Bonchev–Trinajstić information content (AvgIpc) is 2.95. The molecule has 6 nitrogen and oxygen atoms in total. The van der Waals surface area contributed by atoms with E-state index in [9.17, 15) is 14.0 Å². The Balaban J connectivity index is 1.96. The minimum absolute atomic E-state index is 0.109. The standard InChI is InChI=1S/C13H9FN4O2S/c14-9-3-1-2-8-10(19)4-5-18(12(8)9)6-11(20)16-13-17-15-7-21-13/h1-5,7H,6H2,(H,16,17,20). The molecule has 0 fully saturated rings. The van der Waals surface area contributed by atoms with Crippen LogP contribution >= 0.6 is 11.3 Å². The zero-order chi connectivity index (χ0) is 14.8. The van der Waals surface area contributed by atoms with Crippen LogP contribution in [0, 0.1) is 5.82 Å². The Kier molecular flexibility index (Phi) is 3.44. The number of para-hydroxylation sites is 1. The fourth-order valence-corrected chi connectivity index (χ4v) is 2.46. The number of halogens is 1. The van der Waals surface area contributed by atoms with Crippen LogP contribution in [-0.4, -0.2) is 20.7 Å². The van der Waals surface area contributed by atoms with E-state index in [4.69, 9.17) is 0 Å². The molecule has 0 aliphatic rings. The highest BCUT2D eigenvalue weighted by atomic mass is 32.1. The minimum Gasteiger partial charge on any atom is -0.335 e. The van der Waals surface area contributed by atoms with Crippen molar-refractivity contribution in [3.63, 3.8) is 0 Å². The van der Waals surface area contributed by atoms with Gasteiger partial charge in [0.25, 0.3) is 0 Å². The molecule has 106 valence electrons. The van der Waals surface area contributed by atoms with E-state index in [0.717, 1.165) is 0 Å². The van der Waals surface area contributed by atoms with Crippen molar-refractivity contribution in [2.24, 2.45) is 0 Å². The van der Waals surface area contributed by atoms with Gasteiger partial charge in [-0.3, -0.25) is 14.9 Å². The Morgan fingerprint density at radius 3 is 3.00 bits per heavy atom. The van der Waals surface area contributed by atoms with Gasteiger partial charge in [-0.15, -0.1) is 10.2 Å². The lowest BCUT2D eigenvalue weighted by molar-refractivity contribution is -0.116. The van der Waals surface area contributed by atoms with E-state index in [1.165, 1.54) is 51.9 Å². The second kappa shape index (κ2) is 5.41. The lowest BCUT2D eigenvalue weighted by atomic mass is 10.2. The van der Waals surface area contributed by atoms with Crippen LogP contribution in [-0.2, 0) is 11.3 Å². The first-order chi connectivity index (χ1) is 10.1. The Morgan fingerprint density at radius 1 is 1.38 bits per heavy atom. The van der Waals surface area contributed by atoms with Gasteiger partial charge in [0.15, 0.2) is 5.43 Å². The van der Waals surface area contributed by atoms with Gasteiger partial charge in [0, 0.05) is 17.6 Å². The number of fused-ring (bicyclic) bond motifs is 1. The molecule has 0 saturated carbocycles. The van der Waals surface area contributed by atoms with E-state index in [2.05, 4.69) is 15.5 Å². The Bertz CT molecular complexity index is 860. The van der Waals surface area contributed by atoms with E-state index in [-0.39, 0.29) is 28.8 Å². The van der Waals surface area contributed by atoms with E-state index < -0.39 is 5.82 Å². The van der Waals surface area contributed by atoms with E-state index in [1.54, 1.807) is 0 Å². The summed E-state index contributed by atoms with van der Waals surface area (Å²) in [5.74, 6) is -0.922. The molecule has 0 aliphatic carbocycles. The molecule has 0 spiro atoms. The maximum atomic E-state index is 13.9. The van der Waals surface area contributed by atoms with Crippen LogP contribution in [0.2, 0.25) is 0 Å². The molecule has 0 radical (unpaired) electrons. The van der Waals surface area contributed by atoms with E-state index in [1.807, 2.05) is 0 Å². The molecule has 0 saturated heterocycles. The van der Waals surface area contributed by atoms with Gasteiger partial charge in [-0.2, -0.15) is 0 Å². The highest BCUT2D eigenvalue weighted by Crippen LogP contribution is 2.15. The maximum Gasteiger partial charge on any atom is 0.246 e. The van der Waals surface area contributed by atoms with Crippen molar-refractivity contribution in [3.8, 4) is 0 Å². The van der Waals surface area contributed by atoms with Crippen LogP contribution in [0.1, 0.15) is 0 Å². The molecule has 1 amide bonds. The topological polar surface area (TPSA) is 76.9 Å². The Hall–Kier alpha value is -2.61. The van der Waals surface area contributed by atoms with Crippen LogP contribution in [0.3, 0.4) is 0 Å². The molecule has 1 aromatic carbocycles. The van der Waals surface area contributed by atoms with Gasteiger partial charge in [0.1, 0.15) is 17.9 Å². The van der Waals surface area contributed by atoms with Crippen LogP contribution in [0.15, 0.2) is 40.8 Å². The predicted octanol–water partition coefficient (Wildman–Crippen LogP) is 1.63. The van der Waals surface area contributed by atoms with E-state index >= 15 is 0 Å². The van der Waals surface area contributed by atoms with Crippen LogP contribution in [0.4, 0.5) is 9.52 Å². The monoisotopic (exact) mass is 304 g/mol. The highest BCUT2D eigenvalue weighted by Gasteiger charge is 2.11. The summed E-state index contributed by atoms with van der Waals surface area (Å²) in [6.45, 7) is -0.128. The molecule has 8 heteroatoms. The second-order valence-corrected chi connectivity index (χ2v) is 5.07. The van der Waals surface area contributed by atoms with Gasteiger partial charge < -0.3 is 4.57 Å². The predicted molar refractivity (Wildman–Crippen MR) is 76.7 cm³/mol. The Labute approximate surface area is 121 Å². The molecule has 1 N–H and O–H groups in total. The molecule has 2 aromatic heterocycles. The summed E-state index contributed by atoms with van der Waals surface area (Å²) in [6.07, 6.45) is 1.40. The molecule has 0 aliphatic heterocycles. The van der Waals surface area contributed by atoms with Gasteiger partial charge in [-0.05, 0) is 12.1 Å². The quantitative estimate of drug-likeness (QED) is 0.798. The Morgan fingerprint density at radius 2 is 2.24 bits per heavy atom. The summed E-state index contributed by atoms with van der Waals surface area (Å²) >= 11 is 1.18. The van der Waals surface area contributed by atoms with Crippen molar-refractivity contribution in [1.29, 1.82) is 0 Å². The normalized spacial score (nSPS) is 10.7. The lowest BCUT2D eigenvalue weighted by Crippen LogP contribution is -2.20. The van der Waals surface area contributed by atoms with Crippen molar-refractivity contribution < 1.29 is 9.18 Å². The smallest absolute Gasteiger partial charge is 0.246 e. The molecular formula is C13H9FN4O2S. The molecule has 21 heavy (non-hydrogen) atoms. The van der Waals surface area contributed by atoms with E-state index in [0.29, 0.717) is 5.13 Å². The minimum atomic E-state index is -0.547. The van der Waals surface area contributed by atoms with Crippen LogP contribution in [0.25, 0.3) is 10.9 Å². The number of carbonyl (C=O) groups is 1. The molecule has 3 aromatic rings. The average molecular weight is 304 g/mol. The molecule has 2 heterocycles.